The second-order valence-electron chi connectivity index (χ2n) is 4.21. The molecule has 2 unspecified atom stereocenters. The summed E-state index contributed by atoms with van der Waals surface area (Å²) in [6.45, 7) is 0.159. The van der Waals surface area contributed by atoms with E-state index in [2.05, 4.69) is 4.74 Å². The van der Waals surface area contributed by atoms with E-state index in [1.165, 1.54) is 4.90 Å². The molecule has 17 heavy (non-hydrogen) atoms. The average molecular weight is 255 g/mol. The minimum Gasteiger partial charge on any atom is -0.394 e. The summed E-state index contributed by atoms with van der Waals surface area (Å²) in [5, 5.41) is 9.10. The Balaban J connectivity index is 2.38. The van der Waals surface area contributed by atoms with Crippen molar-refractivity contribution in [3.05, 3.63) is 0 Å². The number of aliphatic hydroxyl groups excluding tert-OH is 1. The van der Waals surface area contributed by atoms with Crippen molar-refractivity contribution >= 4 is 5.91 Å². The number of aliphatic hydroxyl groups is 1. The number of carbonyl (C=O) groups excluding carboxylic acids is 1. The normalized spacial score (nSPS) is 25.4. The number of nitrogens with zero attached hydrogens (tertiary/aromatic N) is 1. The Morgan fingerprint density at radius 1 is 1.53 bits per heavy atom. The van der Waals surface area contributed by atoms with Crippen LogP contribution in [0.5, 0.6) is 0 Å². The van der Waals surface area contributed by atoms with Gasteiger partial charge in [0.25, 0.3) is 0 Å². The van der Waals surface area contributed by atoms with E-state index in [9.17, 15) is 18.0 Å². The summed E-state index contributed by atoms with van der Waals surface area (Å²) >= 11 is 0. The molecule has 1 saturated heterocycles. The monoisotopic (exact) mass is 255 g/mol. The first kappa shape index (κ1) is 14.2. The highest BCUT2D eigenvalue weighted by molar-refractivity contribution is 5.78. The van der Waals surface area contributed by atoms with Gasteiger partial charge in [-0.3, -0.25) is 4.79 Å². The van der Waals surface area contributed by atoms with Crippen LogP contribution in [0.25, 0.3) is 0 Å². The zero-order valence-corrected chi connectivity index (χ0v) is 9.54. The van der Waals surface area contributed by atoms with E-state index >= 15 is 0 Å². The average Bonchev–Trinajstić information content (AvgIpc) is 2.57. The second kappa shape index (κ2) is 5.68. The van der Waals surface area contributed by atoms with Crippen molar-refractivity contribution in [1.82, 2.24) is 4.90 Å². The van der Waals surface area contributed by atoms with E-state index in [1.54, 1.807) is 0 Å². The van der Waals surface area contributed by atoms with Crippen LogP contribution in [0.2, 0.25) is 0 Å². The summed E-state index contributed by atoms with van der Waals surface area (Å²) in [5.74, 6) is -0.343. The van der Waals surface area contributed by atoms with E-state index < -0.39 is 25.3 Å². The highest BCUT2D eigenvalue weighted by atomic mass is 19.4. The number of amides is 1. The van der Waals surface area contributed by atoms with Crippen molar-refractivity contribution in [1.29, 1.82) is 0 Å². The molecule has 0 aromatic heterocycles. The predicted octanol–water partition coefficient (Wildman–Crippen LogP) is 0.795. The predicted molar refractivity (Wildman–Crippen MR) is 53.2 cm³/mol. The first-order valence-electron chi connectivity index (χ1n) is 5.40. The fourth-order valence-electron chi connectivity index (χ4n) is 1.93. The van der Waals surface area contributed by atoms with E-state index in [0.29, 0.717) is 6.54 Å². The van der Waals surface area contributed by atoms with Gasteiger partial charge >= 0.3 is 6.18 Å². The Morgan fingerprint density at radius 3 is 2.71 bits per heavy atom. The first-order chi connectivity index (χ1) is 7.85. The summed E-state index contributed by atoms with van der Waals surface area (Å²) in [4.78, 5) is 13.0. The molecule has 7 heteroatoms. The Kier molecular flexibility index (Phi) is 4.76. The molecule has 2 atom stereocenters. The third kappa shape index (κ3) is 4.16. The van der Waals surface area contributed by atoms with Gasteiger partial charge in [-0.2, -0.15) is 13.2 Å². The summed E-state index contributed by atoms with van der Waals surface area (Å²) < 4.78 is 39.7. The zero-order chi connectivity index (χ0) is 13.1. The molecular formula is C10H16F3NO3. The van der Waals surface area contributed by atoms with Crippen LogP contribution in [0.4, 0.5) is 13.2 Å². The van der Waals surface area contributed by atoms with Crippen LogP contribution in [-0.4, -0.2) is 54.5 Å². The number of likely N-dealkylation sites (tertiary alicyclic amines) is 1. The van der Waals surface area contributed by atoms with Gasteiger partial charge in [0.15, 0.2) is 0 Å². The number of hydrogen-bond donors (Lipinski definition) is 1. The van der Waals surface area contributed by atoms with Crippen molar-refractivity contribution in [3.8, 4) is 0 Å². The molecule has 1 rings (SSSR count). The number of hydrogen-bond acceptors (Lipinski definition) is 3. The topological polar surface area (TPSA) is 49.8 Å². The van der Waals surface area contributed by atoms with Crippen molar-refractivity contribution in [2.24, 2.45) is 5.92 Å². The molecule has 4 nitrogen and oxygen atoms in total. The molecule has 0 aliphatic carbocycles. The fraction of sp³-hybridized carbons (Fsp3) is 0.900. The number of halogens is 3. The lowest BCUT2D eigenvalue weighted by Crippen LogP contribution is -2.42. The van der Waals surface area contributed by atoms with Gasteiger partial charge in [-0.25, -0.2) is 0 Å². The molecule has 1 amide bonds. The molecule has 100 valence electrons. The Bertz CT molecular complexity index is 270. The lowest BCUT2D eigenvalue weighted by atomic mass is 10.0. The molecular weight excluding hydrogens is 239 g/mol. The number of carbonyl (C=O) groups is 1. The van der Waals surface area contributed by atoms with Crippen LogP contribution in [0.1, 0.15) is 13.3 Å². The lowest BCUT2D eigenvalue weighted by molar-refractivity contribution is -0.178. The molecule has 0 saturated carbocycles. The lowest BCUT2D eigenvalue weighted by Gasteiger charge is -2.25. The molecule has 1 N–H and O–H groups in total. The standard InChI is InChI=1S/C10H16F3NO3/c1-7-2-3-14(8(7)4-15)9(16)5-17-6-10(11,12)13/h7-8,15H,2-6H2,1H3. The van der Waals surface area contributed by atoms with Gasteiger partial charge in [0.2, 0.25) is 5.91 Å². The van der Waals surface area contributed by atoms with Gasteiger partial charge in [0.1, 0.15) is 13.2 Å². The van der Waals surface area contributed by atoms with Crippen molar-refractivity contribution in [3.63, 3.8) is 0 Å². The quantitative estimate of drug-likeness (QED) is 0.808. The minimum absolute atomic E-state index is 0.159. The molecule has 0 radical (unpaired) electrons. The van der Waals surface area contributed by atoms with Gasteiger partial charge in [-0.05, 0) is 12.3 Å². The highest BCUT2D eigenvalue weighted by Crippen LogP contribution is 2.23. The van der Waals surface area contributed by atoms with Crippen LogP contribution in [0.15, 0.2) is 0 Å². The third-order valence-corrected chi connectivity index (χ3v) is 2.88. The largest absolute Gasteiger partial charge is 0.411 e. The molecule has 1 heterocycles. The fourth-order valence-corrected chi connectivity index (χ4v) is 1.93. The molecule has 0 spiro atoms. The highest BCUT2D eigenvalue weighted by Gasteiger charge is 2.34. The van der Waals surface area contributed by atoms with Crippen molar-refractivity contribution < 1.29 is 27.8 Å². The number of rotatable bonds is 4. The van der Waals surface area contributed by atoms with Gasteiger partial charge in [-0.1, -0.05) is 6.92 Å². The van der Waals surface area contributed by atoms with Gasteiger partial charge in [0, 0.05) is 6.54 Å². The molecule has 0 aromatic carbocycles. The van der Waals surface area contributed by atoms with E-state index in [0.717, 1.165) is 6.42 Å². The maximum atomic E-state index is 11.8. The van der Waals surface area contributed by atoms with Gasteiger partial charge < -0.3 is 14.7 Å². The summed E-state index contributed by atoms with van der Waals surface area (Å²) in [5.41, 5.74) is 0. The van der Waals surface area contributed by atoms with E-state index in [-0.39, 0.29) is 18.6 Å². The van der Waals surface area contributed by atoms with Crippen LogP contribution in [0.3, 0.4) is 0 Å². The van der Waals surface area contributed by atoms with Crippen molar-refractivity contribution in [2.45, 2.75) is 25.6 Å². The molecule has 0 aromatic rings. The van der Waals surface area contributed by atoms with Crippen LogP contribution < -0.4 is 0 Å². The number of ether oxygens (including phenoxy) is 1. The molecule has 0 bridgehead atoms. The maximum Gasteiger partial charge on any atom is 0.411 e. The van der Waals surface area contributed by atoms with Crippen molar-refractivity contribution in [2.75, 3.05) is 26.4 Å². The molecule has 1 fully saturated rings. The van der Waals surface area contributed by atoms with Crippen LogP contribution >= 0.6 is 0 Å². The SMILES string of the molecule is CC1CCN(C(=O)COCC(F)(F)F)C1CO. The minimum atomic E-state index is -4.42. The zero-order valence-electron chi connectivity index (χ0n) is 9.54. The Hall–Kier alpha value is -0.820. The summed E-state index contributed by atoms with van der Waals surface area (Å²) in [6, 6.07) is -0.308. The second-order valence-corrected chi connectivity index (χ2v) is 4.21. The maximum absolute atomic E-state index is 11.8. The Morgan fingerprint density at radius 2 is 2.18 bits per heavy atom. The summed E-state index contributed by atoms with van der Waals surface area (Å²) in [7, 11) is 0. The smallest absolute Gasteiger partial charge is 0.394 e. The van der Waals surface area contributed by atoms with E-state index in [4.69, 9.17) is 5.11 Å². The van der Waals surface area contributed by atoms with Crippen LogP contribution in [-0.2, 0) is 9.53 Å². The third-order valence-electron chi connectivity index (χ3n) is 2.88. The van der Waals surface area contributed by atoms with Gasteiger partial charge in [-0.15, -0.1) is 0 Å². The Labute approximate surface area is 97.3 Å². The van der Waals surface area contributed by atoms with Gasteiger partial charge in [0.05, 0.1) is 12.6 Å². The van der Waals surface area contributed by atoms with Crippen LogP contribution in [0, 0.1) is 5.92 Å². The molecule has 1 aliphatic rings. The summed E-state index contributed by atoms with van der Waals surface area (Å²) in [6.07, 6.45) is -3.68. The van der Waals surface area contributed by atoms with E-state index in [1.807, 2.05) is 6.92 Å². The number of alkyl halides is 3. The first-order valence-corrected chi connectivity index (χ1v) is 5.40. The molecule has 1 aliphatic heterocycles.